The number of amides is 1. The van der Waals surface area contributed by atoms with Crippen molar-refractivity contribution in [2.24, 2.45) is 0 Å². The molecule has 1 fully saturated rings. The molecule has 1 heterocycles. The first-order valence-electron chi connectivity index (χ1n) is 6.22. The van der Waals surface area contributed by atoms with Gasteiger partial charge in [-0.2, -0.15) is 0 Å². The van der Waals surface area contributed by atoms with Gasteiger partial charge in [0, 0.05) is 22.7 Å². The lowest BCUT2D eigenvalue weighted by Crippen LogP contribution is -2.52. The molecular formula is C14H13Cl2NO4. The van der Waals surface area contributed by atoms with Gasteiger partial charge in [-0.3, -0.25) is 4.79 Å². The predicted octanol–water partition coefficient (Wildman–Crippen LogP) is 2.32. The maximum atomic E-state index is 12.1. The summed E-state index contributed by atoms with van der Waals surface area (Å²) in [5.41, 5.74) is 0.668. The Balaban J connectivity index is 2.12. The number of hydrogen-bond donors (Lipinski definition) is 1. The van der Waals surface area contributed by atoms with Crippen molar-refractivity contribution in [3.8, 4) is 0 Å². The SMILES string of the molecule is O=C(O)C1COCCN1C(=O)C=Cc1cc(Cl)cc(Cl)c1. The van der Waals surface area contributed by atoms with Crippen LogP contribution >= 0.6 is 23.2 Å². The van der Waals surface area contributed by atoms with Crippen LogP contribution in [0.4, 0.5) is 0 Å². The summed E-state index contributed by atoms with van der Waals surface area (Å²) in [5, 5.41) is 10.0. The minimum atomic E-state index is -1.08. The normalized spacial score (nSPS) is 19.0. The molecule has 5 nitrogen and oxygen atoms in total. The van der Waals surface area contributed by atoms with E-state index < -0.39 is 12.0 Å². The van der Waals surface area contributed by atoms with Gasteiger partial charge >= 0.3 is 5.97 Å². The van der Waals surface area contributed by atoms with Gasteiger partial charge in [0.15, 0.2) is 6.04 Å². The van der Waals surface area contributed by atoms with Gasteiger partial charge in [-0.1, -0.05) is 23.2 Å². The minimum absolute atomic E-state index is 0.00208. The summed E-state index contributed by atoms with van der Waals surface area (Å²) in [4.78, 5) is 24.5. The monoisotopic (exact) mass is 329 g/mol. The van der Waals surface area contributed by atoms with Gasteiger partial charge in [-0.15, -0.1) is 0 Å². The Labute approximate surface area is 131 Å². The fourth-order valence-electron chi connectivity index (χ4n) is 2.01. The van der Waals surface area contributed by atoms with Gasteiger partial charge in [-0.05, 0) is 29.8 Å². The van der Waals surface area contributed by atoms with Crippen LogP contribution in [-0.2, 0) is 14.3 Å². The molecule has 112 valence electrons. The van der Waals surface area contributed by atoms with Crippen LogP contribution in [0.3, 0.4) is 0 Å². The molecule has 1 aliphatic rings. The second-order valence-electron chi connectivity index (χ2n) is 4.50. The van der Waals surface area contributed by atoms with Crippen molar-refractivity contribution in [2.75, 3.05) is 19.8 Å². The van der Waals surface area contributed by atoms with Crippen LogP contribution in [0.5, 0.6) is 0 Å². The lowest BCUT2D eigenvalue weighted by atomic mass is 10.2. The lowest BCUT2D eigenvalue weighted by molar-refractivity contribution is -0.156. The second kappa shape index (κ2) is 6.93. The molecule has 1 aromatic rings. The van der Waals surface area contributed by atoms with Crippen LogP contribution in [-0.4, -0.2) is 47.7 Å². The number of halogens is 2. The number of benzene rings is 1. The lowest BCUT2D eigenvalue weighted by Gasteiger charge is -2.31. The zero-order valence-corrected chi connectivity index (χ0v) is 12.5. The first kappa shape index (κ1) is 15.8. The summed E-state index contributed by atoms with van der Waals surface area (Å²) in [7, 11) is 0. The fourth-order valence-corrected chi connectivity index (χ4v) is 2.55. The summed E-state index contributed by atoms with van der Waals surface area (Å²) in [6.45, 7) is 0.570. The first-order valence-corrected chi connectivity index (χ1v) is 6.98. The Kier molecular flexibility index (Phi) is 5.22. The Hall–Kier alpha value is -1.56. The highest BCUT2D eigenvalue weighted by Crippen LogP contribution is 2.20. The molecule has 0 aliphatic carbocycles. The van der Waals surface area contributed by atoms with Gasteiger partial charge in [0.25, 0.3) is 0 Å². The van der Waals surface area contributed by atoms with Crippen LogP contribution in [0.2, 0.25) is 10.0 Å². The quantitative estimate of drug-likeness (QED) is 0.864. The van der Waals surface area contributed by atoms with E-state index in [4.69, 9.17) is 33.0 Å². The summed E-state index contributed by atoms with van der Waals surface area (Å²) < 4.78 is 5.08. The number of carbonyl (C=O) groups is 2. The molecule has 1 saturated heterocycles. The highest BCUT2D eigenvalue weighted by molar-refractivity contribution is 6.34. The minimum Gasteiger partial charge on any atom is -0.480 e. The summed E-state index contributed by atoms with van der Waals surface area (Å²) in [6, 6.07) is 3.94. The Morgan fingerprint density at radius 2 is 1.95 bits per heavy atom. The van der Waals surface area contributed by atoms with Crippen LogP contribution in [0.25, 0.3) is 6.08 Å². The molecular weight excluding hydrogens is 317 g/mol. The summed E-state index contributed by atoms with van der Waals surface area (Å²) in [6.07, 6.45) is 2.86. The van der Waals surface area contributed by atoms with E-state index in [1.807, 2.05) is 0 Å². The van der Waals surface area contributed by atoms with Crippen LogP contribution < -0.4 is 0 Å². The van der Waals surface area contributed by atoms with Crippen molar-refractivity contribution in [3.05, 3.63) is 39.9 Å². The van der Waals surface area contributed by atoms with Gasteiger partial charge < -0.3 is 14.7 Å². The molecule has 1 unspecified atom stereocenters. The number of hydrogen-bond acceptors (Lipinski definition) is 3. The summed E-state index contributed by atoms with van der Waals surface area (Å²) >= 11 is 11.7. The first-order chi connectivity index (χ1) is 9.97. The maximum absolute atomic E-state index is 12.1. The smallest absolute Gasteiger partial charge is 0.328 e. The van der Waals surface area contributed by atoms with Crippen molar-refractivity contribution in [1.82, 2.24) is 4.90 Å². The molecule has 0 saturated carbocycles. The average molecular weight is 330 g/mol. The maximum Gasteiger partial charge on any atom is 0.328 e. The third-order valence-electron chi connectivity index (χ3n) is 3.00. The van der Waals surface area contributed by atoms with E-state index in [0.717, 1.165) is 0 Å². The summed E-state index contributed by atoms with van der Waals surface area (Å²) in [5.74, 6) is -1.47. The number of carboxylic acid groups (broad SMARTS) is 1. The molecule has 0 radical (unpaired) electrons. The molecule has 0 aromatic heterocycles. The number of carbonyl (C=O) groups excluding carboxylic acids is 1. The largest absolute Gasteiger partial charge is 0.480 e. The Morgan fingerprint density at radius 3 is 2.57 bits per heavy atom. The van der Waals surface area contributed by atoms with Gasteiger partial charge in [0.05, 0.1) is 13.2 Å². The van der Waals surface area contributed by atoms with Gasteiger partial charge in [-0.25, -0.2) is 4.79 Å². The number of morpholine rings is 1. The molecule has 1 amide bonds. The zero-order valence-electron chi connectivity index (χ0n) is 11.0. The van der Waals surface area contributed by atoms with E-state index >= 15 is 0 Å². The molecule has 1 N–H and O–H groups in total. The molecule has 0 bridgehead atoms. The topological polar surface area (TPSA) is 66.8 Å². The molecule has 2 rings (SSSR count). The van der Waals surface area contributed by atoms with E-state index in [9.17, 15) is 9.59 Å². The average Bonchev–Trinajstić information content (AvgIpc) is 2.43. The standard InChI is InChI=1S/C14H13Cl2NO4/c15-10-5-9(6-11(16)7-10)1-2-13(18)17-3-4-21-8-12(17)14(19)20/h1-2,5-7,12H,3-4,8H2,(H,19,20). The Morgan fingerprint density at radius 1 is 1.29 bits per heavy atom. The van der Waals surface area contributed by atoms with Gasteiger partial charge in [0.1, 0.15) is 0 Å². The van der Waals surface area contributed by atoms with Crippen molar-refractivity contribution in [2.45, 2.75) is 6.04 Å². The van der Waals surface area contributed by atoms with Crippen LogP contribution in [0, 0.1) is 0 Å². The van der Waals surface area contributed by atoms with Crippen molar-refractivity contribution < 1.29 is 19.4 Å². The molecule has 7 heteroatoms. The van der Waals surface area contributed by atoms with E-state index in [2.05, 4.69) is 0 Å². The van der Waals surface area contributed by atoms with Crippen molar-refractivity contribution in [1.29, 1.82) is 0 Å². The molecule has 1 aromatic carbocycles. The van der Waals surface area contributed by atoms with E-state index in [-0.39, 0.29) is 19.1 Å². The Bertz CT molecular complexity index is 568. The zero-order chi connectivity index (χ0) is 15.4. The predicted molar refractivity (Wildman–Crippen MR) is 79.5 cm³/mol. The third-order valence-corrected chi connectivity index (χ3v) is 3.44. The number of rotatable bonds is 3. The van der Waals surface area contributed by atoms with E-state index in [0.29, 0.717) is 22.2 Å². The third kappa shape index (κ3) is 4.20. The highest BCUT2D eigenvalue weighted by Gasteiger charge is 2.31. The molecule has 0 spiro atoms. The highest BCUT2D eigenvalue weighted by atomic mass is 35.5. The molecule has 1 aliphatic heterocycles. The number of carboxylic acids is 1. The van der Waals surface area contributed by atoms with E-state index in [1.54, 1.807) is 24.3 Å². The second-order valence-corrected chi connectivity index (χ2v) is 5.37. The molecule has 21 heavy (non-hydrogen) atoms. The molecule has 1 atom stereocenters. The number of aliphatic carboxylic acids is 1. The van der Waals surface area contributed by atoms with Crippen molar-refractivity contribution >= 4 is 41.2 Å². The van der Waals surface area contributed by atoms with Crippen LogP contribution in [0.1, 0.15) is 5.56 Å². The fraction of sp³-hybridized carbons (Fsp3) is 0.286. The van der Waals surface area contributed by atoms with Crippen LogP contribution in [0.15, 0.2) is 24.3 Å². The van der Waals surface area contributed by atoms with E-state index in [1.165, 1.54) is 11.0 Å². The van der Waals surface area contributed by atoms with Gasteiger partial charge in [0.2, 0.25) is 5.91 Å². The van der Waals surface area contributed by atoms with Crippen molar-refractivity contribution in [3.63, 3.8) is 0 Å². The number of ether oxygens (including phenoxy) is 1. The number of nitrogens with zero attached hydrogens (tertiary/aromatic N) is 1.